The number of anilines is 1. The van der Waals surface area contributed by atoms with E-state index < -0.39 is 0 Å². The zero-order valence-electron chi connectivity index (χ0n) is 9.57. The molecule has 17 heavy (non-hydrogen) atoms. The molecule has 3 rings (SSSR count). The van der Waals surface area contributed by atoms with Crippen LogP contribution in [0.2, 0.25) is 0 Å². The lowest BCUT2D eigenvalue weighted by Gasteiger charge is -2.07. The van der Waals surface area contributed by atoms with E-state index >= 15 is 0 Å². The highest BCUT2D eigenvalue weighted by Gasteiger charge is 2.31. The van der Waals surface area contributed by atoms with Crippen LogP contribution >= 0.6 is 11.3 Å². The first-order valence-corrected chi connectivity index (χ1v) is 6.56. The van der Waals surface area contributed by atoms with Crippen molar-refractivity contribution in [1.82, 2.24) is 0 Å². The molecule has 0 aliphatic carbocycles. The Hall–Kier alpha value is -1.61. The number of carbonyl (C=O) groups excluding carboxylic acids is 1. The Balaban J connectivity index is 1.97. The number of thiophene rings is 1. The Bertz CT molecular complexity index is 560. The minimum absolute atomic E-state index is 0.0245. The van der Waals surface area contributed by atoms with Gasteiger partial charge in [-0.2, -0.15) is 0 Å². The van der Waals surface area contributed by atoms with Gasteiger partial charge >= 0.3 is 0 Å². The van der Waals surface area contributed by atoms with Crippen molar-refractivity contribution >= 4 is 22.9 Å². The molecule has 2 heterocycles. The van der Waals surface area contributed by atoms with Crippen molar-refractivity contribution in [2.75, 3.05) is 5.32 Å². The third-order valence-corrected chi connectivity index (χ3v) is 4.13. The molecule has 0 saturated heterocycles. The van der Waals surface area contributed by atoms with Crippen molar-refractivity contribution in [3.63, 3.8) is 0 Å². The summed E-state index contributed by atoms with van der Waals surface area (Å²) >= 11 is 1.71. The smallest absolute Gasteiger partial charge is 0.232 e. The van der Waals surface area contributed by atoms with Crippen LogP contribution in [0.4, 0.5) is 5.69 Å². The van der Waals surface area contributed by atoms with E-state index in [1.807, 2.05) is 25.1 Å². The van der Waals surface area contributed by atoms with Gasteiger partial charge < -0.3 is 5.32 Å². The lowest BCUT2D eigenvalue weighted by Crippen LogP contribution is -2.13. The summed E-state index contributed by atoms with van der Waals surface area (Å²) in [5.74, 6) is 0.103. The first-order chi connectivity index (χ1) is 8.25. The molecule has 3 heteroatoms. The normalized spacial score (nSPS) is 17.9. The zero-order chi connectivity index (χ0) is 11.8. The molecule has 1 aromatic carbocycles. The average Bonchev–Trinajstić information content (AvgIpc) is 2.91. The number of benzene rings is 1. The van der Waals surface area contributed by atoms with Crippen molar-refractivity contribution in [2.24, 2.45) is 0 Å². The number of aryl methyl sites for hydroxylation is 1. The number of rotatable bonds is 2. The molecular weight excluding hydrogens is 230 g/mol. The van der Waals surface area contributed by atoms with E-state index in [0.717, 1.165) is 23.2 Å². The Labute approximate surface area is 104 Å². The van der Waals surface area contributed by atoms with Crippen LogP contribution in [0.1, 0.15) is 21.9 Å². The molecule has 0 bridgehead atoms. The summed E-state index contributed by atoms with van der Waals surface area (Å²) in [5.41, 5.74) is 3.30. The standard InChI is InChI=1S/C14H13NOS/c1-9-4-2-6-11-12(14(16)15-13(9)11)8-10-5-3-7-17-10/h2-7,12H,8H2,1H3,(H,15,16). The molecule has 0 radical (unpaired) electrons. The van der Waals surface area contributed by atoms with Gasteiger partial charge in [0.25, 0.3) is 0 Å². The Morgan fingerprint density at radius 1 is 1.29 bits per heavy atom. The molecule has 0 spiro atoms. The minimum atomic E-state index is -0.0245. The molecule has 86 valence electrons. The predicted octanol–water partition coefficient (Wildman–Crippen LogP) is 3.33. The molecule has 1 unspecified atom stereocenters. The first-order valence-electron chi connectivity index (χ1n) is 5.68. The first kappa shape index (κ1) is 10.5. The van der Waals surface area contributed by atoms with Gasteiger partial charge in [0.1, 0.15) is 0 Å². The molecule has 2 nitrogen and oxygen atoms in total. The fourth-order valence-corrected chi connectivity index (χ4v) is 3.09. The second kappa shape index (κ2) is 4.00. The van der Waals surface area contributed by atoms with E-state index in [-0.39, 0.29) is 11.8 Å². The van der Waals surface area contributed by atoms with Crippen LogP contribution in [0.5, 0.6) is 0 Å². The summed E-state index contributed by atoms with van der Waals surface area (Å²) in [6.07, 6.45) is 0.806. The molecule has 1 amide bonds. The number of fused-ring (bicyclic) bond motifs is 1. The van der Waals surface area contributed by atoms with E-state index in [4.69, 9.17) is 0 Å². The SMILES string of the molecule is Cc1cccc2c1NC(=O)C2Cc1cccs1. The molecule has 1 aliphatic heterocycles. The molecule has 2 aromatic rings. The van der Waals surface area contributed by atoms with Crippen LogP contribution in [0.15, 0.2) is 35.7 Å². The van der Waals surface area contributed by atoms with Crippen molar-refractivity contribution in [1.29, 1.82) is 0 Å². The third kappa shape index (κ3) is 1.76. The second-order valence-corrected chi connectivity index (χ2v) is 5.40. The number of para-hydroxylation sites is 1. The van der Waals surface area contributed by atoms with Gasteiger partial charge in [-0.05, 0) is 35.9 Å². The number of hydrogen-bond donors (Lipinski definition) is 1. The highest BCUT2D eigenvalue weighted by Crippen LogP contribution is 2.37. The largest absolute Gasteiger partial charge is 0.325 e. The van der Waals surface area contributed by atoms with Gasteiger partial charge in [0, 0.05) is 10.6 Å². The Morgan fingerprint density at radius 3 is 2.94 bits per heavy atom. The summed E-state index contributed by atoms with van der Waals surface area (Å²) < 4.78 is 0. The lowest BCUT2D eigenvalue weighted by atomic mass is 9.95. The fourth-order valence-electron chi connectivity index (χ4n) is 2.34. The topological polar surface area (TPSA) is 29.1 Å². The van der Waals surface area contributed by atoms with Gasteiger partial charge in [-0.3, -0.25) is 4.79 Å². The van der Waals surface area contributed by atoms with Crippen LogP contribution in [-0.4, -0.2) is 5.91 Å². The van der Waals surface area contributed by atoms with Gasteiger partial charge in [0.15, 0.2) is 0 Å². The predicted molar refractivity (Wildman–Crippen MR) is 70.6 cm³/mol. The van der Waals surface area contributed by atoms with Crippen molar-refractivity contribution in [3.8, 4) is 0 Å². The Morgan fingerprint density at radius 2 is 2.18 bits per heavy atom. The third-order valence-electron chi connectivity index (χ3n) is 3.23. The molecule has 1 N–H and O–H groups in total. The molecule has 1 aromatic heterocycles. The van der Waals surface area contributed by atoms with Gasteiger partial charge in [-0.15, -0.1) is 11.3 Å². The highest BCUT2D eigenvalue weighted by molar-refractivity contribution is 7.09. The molecular formula is C14H13NOS. The van der Waals surface area contributed by atoms with Crippen molar-refractivity contribution in [2.45, 2.75) is 19.3 Å². The molecule has 0 fully saturated rings. The van der Waals surface area contributed by atoms with Crippen molar-refractivity contribution in [3.05, 3.63) is 51.7 Å². The summed E-state index contributed by atoms with van der Waals surface area (Å²) in [4.78, 5) is 13.3. The summed E-state index contributed by atoms with van der Waals surface area (Å²) in [6, 6.07) is 10.2. The van der Waals surface area contributed by atoms with E-state index in [1.165, 1.54) is 4.88 Å². The molecule has 0 saturated carbocycles. The number of nitrogens with one attached hydrogen (secondary N) is 1. The van der Waals surface area contributed by atoms with Gasteiger partial charge in [0.05, 0.1) is 5.92 Å². The van der Waals surface area contributed by atoms with Crippen molar-refractivity contribution < 1.29 is 4.79 Å². The summed E-state index contributed by atoms with van der Waals surface area (Å²) in [5, 5.41) is 5.05. The molecule has 1 atom stereocenters. The van der Waals surface area contributed by atoms with E-state index in [9.17, 15) is 4.79 Å². The zero-order valence-corrected chi connectivity index (χ0v) is 10.4. The van der Waals surface area contributed by atoms with Crippen LogP contribution in [0.3, 0.4) is 0 Å². The summed E-state index contributed by atoms with van der Waals surface area (Å²) in [6.45, 7) is 2.03. The minimum Gasteiger partial charge on any atom is -0.325 e. The summed E-state index contributed by atoms with van der Waals surface area (Å²) in [7, 11) is 0. The van der Waals surface area contributed by atoms with Gasteiger partial charge in [-0.1, -0.05) is 24.3 Å². The van der Waals surface area contributed by atoms with E-state index in [2.05, 4.69) is 22.8 Å². The maximum absolute atomic E-state index is 12.0. The monoisotopic (exact) mass is 243 g/mol. The van der Waals surface area contributed by atoms with Gasteiger partial charge in [-0.25, -0.2) is 0 Å². The van der Waals surface area contributed by atoms with Crippen LogP contribution in [0, 0.1) is 6.92 Å². The average molecular weight is 243 g/mol. The van der Waals surface area contributed by atoms with Crippen LogP contribution in [-0.2, 0) is 11.2 Å². The highest BCUT2D eigenvalue weighted by atomic mass is 32.1. The van der Waals surface area contributed by atoms with Crippen LogP contribution in [0.25, 0.3) is 0 Å². The maximum atomic E-state index is 12.0. The molecule has 1 aliphatic rings. The number of carbonyl (C=O) groups is 1. The number of hydrogen-bond acceptors (Lipinski definition) is 2. The van der Waals surface area contributed by atoms with E-state index in [0.29, 0.717) is 0 Å². The van der Waals surface area contributed by atoms with E-state index in [1.54, 1.807) is 11.3 Å². The number of amides is 1. The Kier molecular flexibility index (Phi) is 2.48. The lowest BCUT2D eigenvalue weighted by molar-refractivity contribution is -0.117. The quantitative estimate of drug-likeness (QED) is 0.861. The van der Waals surface area contributed by atoms with Gasteiger partial charge in [0.2, 0.25) is 5.91 Å². The van der Waals surface area contributed by atoms with Crippen LogP contribution < -0.4 is 5.32 Å². The second-order valence-electron chi connectivity index (χ2n) is 4.36. The maximum Gasteiger partial charge on any atom is 0.232 e. The fraction of sp³-hybridized carbons (Fsp3) is 0.214.